The van der Waals surface area contributed by atoms with Crippen molar-refractivity contribution in [3.63, 3.8) is 0 Å². The van der Waals surface area contributed by atoms with Crippen LogP contribution in [0.2, 0.25) is 0 Å². The van der Waals surface area contributed by atoms with Crippen LogP contribution in [0.25, 0.3) is 0 Å². The van der Waals surface area contributed by atoms with Crippen molar-refractivity contribution < 1.29 is 0 Å². The summed E-state index contributed by atoms with van der Waals surface area (Å²) in [4.78, 5) is 4.07. The van der Waals surface area contributed by atoms with Crippen molar-refractivity contribution in [1.82, 2.24) is 20.5 Å². The fourth-order valence-electron chi connectivity index (χ4n) is 1.42. The van der Waals surface area contributed by atoms with Crippen LogP contribution in [0.3, 0.4) is 0 Å². The third-order valence-corrected chi connectivity index (χ3v) is 2.25. The molecule has 0 spiro atoms. The van der Waals surface area contributed by atoms with Crippen molar-refractivity contribution in [2.75, 3.05) is 6.54 Å². The van der Waals surface area contributed by atoms with Gasteiger partial charge in [-0.2, -0.15) is 10.2 Å². The predicted molar refractivity (Wildman–Crippen MR) is 61.7 cm³/mol. The molecule has 0 unspecified atom stereocenters. The van der Waals surface area contributed by atoms with Gasteiger partial charge in [0.15, 0.2) is 0 Å². The van der Waals surface area contributed by atoms with Crippen LogP contribution in [0.15, 0.2) is 42.9 Å². The average Bonchev–Trinajstić information content (AvgIpc) is 2.37. The highest BCUT2D eigenvalue weighted by Crippen LogP contribution is 1.96. The van der Waals surface area contributed by atoms with Crippen molar-refractivity contribution >= 4 is 0 Å². The zero-order valence-corrected chi connectivity index (χ0v) is 9.00. The summed E-state index contributed by atoms with van der Waals surface area (Å²) in [6.45, 7) is 1.68. The molecule has 0 aliphatic heterocycles. The van der Waals surface area contributed by atoms with E-state index >= 15 is 0 Å². The summed E-state index contributed by atoms with van der Waals surface area (Å²) >= 11 is 0. The highest BCUT2D eigenvalue weighted by Gasteiger charge is 1.94. The van der Waals surface area contributed by atoms with Crippen molar-refractivity contribution in [3.05, 3.63) is 54.1 Å². The van der Waals surface area contributed by atoms with Gasteiger partial charge in [0.05, 0.1) is 5.69 Å². The Morgan fingerprint density at radius 3 is 2.81 bits per heavy atom. The average molecular weight is 214 g/mol. The first kappa shape index (κ1) is 10.7. The molecule has 0 saturated heterocycles. The molecule has 2 aromatic rings. The van der Waals surface area contributed by atoms with Crippen LogP contribution in [-0.4, -0.2) is 21.7 Å². The second kappa shape index (κ2) is 5.92. The van der Waals surface area contributed by atoms with Crippen molar-refractivity contribution in [1.29, 1.82) is 0 Å². The molecule has 2 rings (SSSR count). The monoisotopic (exact) mass is 214 g/mol. The molecule has 1 N–H and O–H groups in total. The molecule has 0 radical (unpaired) electrons. The summed E-state index contributed by atoms with van der Waals surface area (Å²) in [7, 11) is 0. The minimum absolute atomic E-state index is 0.758. The fraction of sp³-hybridized carbons (Fsp3) is 0.250. The molecule has 82 valence electrons. The zero-order valence-electron chi connectivity index (χ0n) is 9.00. The molecule has 0 saturated carbocycles. The van der Waals surface area contributed by atoms with E-state index in [0.717, 1.165) is 25.2 Å². The Balaban J connectivity index is 1.70. The summed E-state index contributed by atoms with van der Waals surface area (Å²) in [5.41, 5.74) is 2.21. The first-order valence-electron chi connectivity index (χ1n) is 5.31. The van der Waals surface area contributed by atoms with Gasteiger partial charge in [-0.05, 0) is 36.7 Å². The van der Waals surface area contributed by atoms with E-state index in [1.54, 1.807) is 12.4 Å². The third-order valence-electron chi connectivity index (χ3n) is 2.25. The van der Waals surface area contributed by atoms with Gasteiger partial charge in [0.2, 0.25) is 0 Å². The molecule has 0 fully saturated rings. The number of hydrogen-bond acceptors (Lipinski definition) is 4. The Hall–Kier alpha value is -1.81. The van der Waals surface area contributed by atoms with Gasteiger partial charge in [0.1, 0.15) is 0 Å². The van der Waals surface area contributed by atoms with Gasteiger partial charge in [0.25, 0.3) is 0 Å². The van der Waals surface area contributed by atoms with E-state index in [0.29, 0.717) is 0 Å². The number of nitrogens with zero attached hydrogens (tertiary/aromatic N) is 3. The minimum atomic E-state index is 0.758. The van der Waals surface area contributed by atoms with Crippen molar-refractivity contribution in [2.24, 2.45) is 0 Å². The molecule has 0 amide bonds. The highest BCUT2D eigenvalue weighted by molar-refractivity contribution is 5.08. The van der Waals surface area contributed by atoms with E-state index in [9.17, 15) is 0 Å². The lowest BCUT2D eigenvalue weighted by atomic mass is 10.2. The molecular formula is C12H14N4. The van der Waals surface area contributed by atoms with Gasteiger partial charge in [-0.3, -0.25) is 4.98 Å². The number of rotatable bonds is 5. The lowest BCUT2D eigenvalue weighted by molar-refractivity contribution is 0.665. The first-order chi connectivity index (χ1) is 7.95. The molecule has 0 aromatic carbocycles. The van der Waals surface area contributed by atoms with Gasteiger partial charge in [-0.25, -0.2) is 0 Å². The molecule has 4 nitrogen and oxygen atoms in total. The van der Waals surface area contributed by atoms with Crippen LogP contribution >= 0.6 is 0 Å². The number of nitrogens with one attached hydrogen (secondary N) is 1. The maximum atomic E-state index is 4.07. The SMILES string of the molecule is c1cncc(CCNCc2cccnn2)c1. The number of aromatic nitrogens is 3. The maximum absolute atomic E-state index is 4.07. The van der Waals surface area contributed by atoms with E-state index in [-0.39, 0.29) is 0 Å². The molecule has 0 atom stereocenters. The third kappa shape index (κ3) is 3.40. The lowest BCUT2D eigenvalue weighted by Crippen LogP contribution is -2.17. The van der Waals surface area contributed by atoms with E-state index in [4.69, 9.17) is 0 Å². The van der Waals surface area contributed by atoms with Gasteiger partial charge in [-0.1, -0.05) is 6.07 Å². The van der Waals surface area contributed by atoms with Crippen LogP contribution in [0.1, 0.15) is 11.3 Å². The van der Waals surface area contributed by atoms with Crippen LogP contribution in [0.4, 0.5) is 0 Å². The lowest BCUT2D eigenvalue weighted by Gasteiger charge is -2.03. The van der Waals surface area contributed by atoms with E-state index in [2.05, 4.69) is 26.6 Å². The first-order valence-corrected chi connectivity index (χ1v) is 5.31. The summed E-state index contributed by atoms with van der Waals surface area (Å²) in [5, 5.41) is 11.1. The van der Waals surface area contributed by atoms with E-state index in [1.807, 2.05) is 24.4 Å². The highest BCUT2D eigenvalue weighted by atomic mass is 15.1. The van der Waals surface area contributed by atoms with Crippen LogP contribution in [0, 0.1) is 0 Å². The van der Waals surface area contributed by atoms with Crippen LogP contribution in [-0.2, 0) is 13.0 Å². The maximum Gasteiger partial charge on any atom is 0.0768 e. The fourth-order valence-corrected chi connectivity index (χ4v) is 1.42. The molecule has 0 aliphatic carbocycles. The second-order valence-electron chi connectivity index (χ2n) is 3.50. The molecule has 2 heterocycles. The standard InChI is InChI=1S/C12H14N4/c1-3-11(9-13-6-1)5-8-14-10-12-4-2-7-15-16-12/h1-4,6-7,9,14H,5,8,10H2. The number of pyridine rings is 1. The smallest absolute Gasteiger partial charge is 0.0768 e. The minimum Gasteiger partial charge on any atom is -0.311 e. The summed E-state index contributed by atoms with van der Waals surface area (Å²) in [6.07, 6.45) is 6.34. The summed E-state index contributed by atoms with van der Waals surface area (Å²) in [6, 6.07) is 7.89. The summed E-state index contributed by atoms with van der Waals surface area (Å²) < 4.78 is 0. The molecular weight excluding hydrogens is 200 g/mol. The number of hydrogen-bond donors (Lipinski definition) is 1. The van der Waals surface area contributed by atoms with Gasteiger partial charge < -0.3 is 5.32 Å². The largest absolute Gasteiger partial charge is 0.311 e. The van der Waals surface area contributed by atoms with Gasteiger partial charge in [-0.15, -0.1) is 0 Å². The predicted octanol–water partition coefficient (Wildman–Crippen LogP) is 1.20. The van der Waals surface area contributed by atoms with Crippen LogP contribution in [0.5, 0.6) is 0 Å². The van der Waals surface area contributed by atoms with Crippen molar-refractivity contribution in [3.8, 4) is 0 Å². The molecule has 0 aliphatic rings. The van der Waals surface area contributed by atoms with E-state index < -0.39 is 0 Å². The Labute approximate surface area is 94.8 Å². The molecule has 2 aromatic heterocycles. The molecule has 16 heavy (non-hydrogen) atoms. The van der Waals surface area contributed by atoms with Gasteiger partial charge in [0, 0.05) is 25.1 Å². The Morgan fingerprint density at radius 1 is 1.12 bits per heavy atom. The Kier molecular flexibility index (Phi) is 3.96. The normalized spacial score (nSPS) is 10.2. The Morgan fingerprint density at radius 2 is 2.06 bits per heavy atom. The van der Waals surface area contributed by atoms with Gasteiger partial charge >= 0.3 is 0 Å². The molecule has 0 bridgehead atoms. The topological polar surface area (TPSA) is 50.7 Å². The quantitative estimate of drug-likeness (QED) is 0.760. The Bertz CT molecular complexity index is 360. The summed E-state index contributed by atoms with van der Waals surface area (Å²) in [5.74, 6) is 0. The second-order valence-corrected chi connectivity index (χ2v) is 3.50. The molecule has 4 heteroatoms. The van der Waals surface area contributed by atoms with E-state index in [1.165, 1.54) is 5.56 Å². The zero-order chi connectivity index (χ0) is 11.1. The van der Waals surface area contributed by atoms with Crippen LogP contribution < -0.4 is 5.32 Å². The van der Waals surface area contributed by atoms with Crippen molar-refractivity contribution in [2.45, 2.75) is 13.0 Å².